The van der Waals surface area contributed by atoms with Gasteiger partial charge in [0.05, 0.1) is 13.2 Å². The fourth-order valence-electron chi connectivity index (χ4n) is 1.77. The van der Waals surface area contributed by atoms with Gasteiger partial charge in [-0.05, 0) is 19.4 Å². The Balaban J connectivity index is 2.03. The van der Waals surface area contributed by atoms with E-state index in [1.54, 1.807) is 0 Å². The molecular weight excluding hydrogens is 174 g/mol. The van der Waals surface area contributed by atoms with Gasteiger partial charge in [0.1, 0.15) is 0 Å². The van der Waals surface area contributed by atoms with Crippen LogP contribution in [0.4, 0.5) is 0 Å². The highest BCUT2D eigenvalue weighted by Gasteiger charge is 2.11. The predicted molar refractivity (Wildman–Crippen MR) is 58.0 cm³/mol. The first kappa shape index (κ1) is 9.53. The molecule has 0 spiro atoms. The topological polar surface area (TPSA) is 12.5 Å². The number of hydrogen-bond donors (Lipinski definition) is 0. The Kier molecular flexibility index (Phi) is 3.04. The van der Waals surface area contributed by atoms with Crippen LogP contribution in [0.25, 0.3) is 0 Å². The van der Waals surface area contributed by atoms with E-state index in [0.29, 0.717) is 0 Å². The summed E-state index contributed by atoms with van der Waals surface area (Å²) in [7, 11) is 0. The first-order valence-electron chi connectivity index (χ1n) is 5.24. The van der Waals surface area contributed by atoms with Crippen LogP contribution in [-0.4, -0.2) is 31.2 Å². The van der Waals surface area contributed by atoms with Gasteiger partial charge >= 0.3 is 0 Å². The summed E-state index contributed by atoms with van der Waals surface area (Å²) in [5.41, 5.74) is 2.70. The summed E-state index contributed by atoms with van der Waals surface area (Å²) in [6.45, 7) is 5.91. The van der Waals surface area contributed by atoms with Crippen molar-refractivity contribution in [1.29, 1.82) is 0 Å². The van der Waals surface area contributed by atoms with Crippen molar-refractivity contribution in [1.82, 2.24) is 4.90 Å². The molecule has 2 nitrogen and oxygen atoms in total. The molecule has 0 amide bonds. The van der Waals surface area contributed by atoms with E-state index in [1.165, 1.54) is 11.3 Å². The monoisotopic (exact) mass is 191 g/mol. The molecule has 1 saturated heterocycles. The van der Waals surface area contributed by atoms with Crippen molar-refractivity contribution >= 4 is 0 Å². The van der Waals surface area contributed by atoms with Crippen molar-refractivity contribution in [2.24, 2.45) is 0 Å². The number of morpholine rings is 1. The van der Waals surface area contributed by atoms with Gasteiger partial charge in [-0.2, -0.15) is 0 Å². The Morgan fingerprint density at radius 1 is 1.14 bits per heavy atom. The lowest BCUT2D eigenvalue weighted by Crippen LogP contribution is -2.35. The van der Waals surface area contributed by atoms with Gasteiger partial charge in [0.2, 0.25) is 0 Å². The maximum atomic E-state index is 5.34. The molecule has 0 unspecified atom stereocenters. The Bertz CT molecular complexity index is 283. The SMILES string of the molecule is CC1=CCC=C(N2CCOCC2)C=C1. The van der Waals surface area contributed by atoms with Crippen LogP contribution in [0, 0.1) is 0 Å². The summed E-state index contributed by atoms with van der Waals surface area (Å²) in [6, 6.07) is 0. The first-order chi connectivity index (χ1) is 6.86. The van der Waals surface area contributed by atoms with Gasteiger partial charge in [-0.3, -0.25) is 0 Å². The summed E-state index contributed by atoms with van der Waals surface area (Å²) in [4.78, 5) is 2.40. The van der Waals surface area contributed by atoms with E-state index in [2.05, 4.69) is 36.1 Å². The van der Waals surface area contributed by atoms with E-state index < -0.39 is 0 Å². The summed E-state index contributed by atoms with van der Waals surface area (Å²) in [5, 5.41) is 0. The van der Waals surface area contributed by atoms with E-state index in [-0.39, 0.29) is 0 Å². The summed E-state index contributed by atoms with van der Waals surface area (Å²) in [6.07, 6.45) is 9.99. The lowest BCUT2D eigenvalue weighted by molar-refractivity contribution is 0.0553. The zero-order valence-electron chi connectivity index (χ0n) is 8.70. The van der Waals surface area contributed by atoms with Crippen LogP contribution < -0.4 is 0 Å². The Morgan fingerprint density at radius 3 is 2.71 bits per heavy atom. The molecule has 1 aliphatic heterocycles. The predicted octanol–water partition coefficient (Wildman–Crippen LogP) is 2.11. The number of nitrogens with zero attached hydrogens (tertiary/aromatic N) is 1. The van der Waals surface area contributed by atoms with Crippen LogP contribution in [0.15, 0.2) is 35.6 Å². The van der Waals surface area contributed by atoms with Crippen molar-refractivity contribution in [2.75, 3.05) is 26.3 Å². The zero-order chi connectivity index (χ0) is 9.80. The minimum atomic E-state index is 0.859. The molecule has 1 heterocycles. The average Bonchev–Trinajstić information content (AvgIpc) is 2.44. The van der Waals surface area contributed by atoms with Gasteiger partial charge in [0.15, 0.2) is 0 Å². The second-order valence-corrected chi connectivity index (χ2v) is 3.75. The van der Waals surface area contributed by atoms with Gasteiger partial charge in [-0.25, -0.2) is 0 Å². The lowest BCUT2D eigenvalue weighted by Gasteiger charge is -2.29. The fourth-order valence-corrected chi connectivity index (χ4v) is 1.77. The summed E-state index contributed by atoms with van der Waals surface area (Å²) in [5.74, 6) is 0. The van der Waals surface area contributed by atoms with Crippen molar-refractivity contribution in [3.05, 3.63) is 35.6 Å². The third-order valence-electron chi connectivity index (χ3n) is 2.66. The number of rotatable bonds is 1. The van der Waals surface area contributed by atoms with Crippen LogP contribution >= 0.6 is 0 Å². The average molecular weight is 191 g/mol. The summed E-state index contributed by atoms with van der Waals surface area (Å²) < 4.78 is 5.34. The van der Waals surface area contributed by atoms with Crippen LogP contribution in [0.5, 0.6) is 0 Å². The normalized spacial score (nSPS) is 22.8. The molecule has 1 fully saturated rings. The van der Waals surface area contributed by atoms with Gasteiger partial charge < -0.3 is 9.64 Å². The molecule has 2 rings (SSSR count). The van der Waals surface area contributed by atoms with Crippen LogP contribution in [0.2, 0.25) is 0 Å². The zero-order valence-corrected chi connectivity index (χ0v) is 8.70. The molecule has 0 N–H and O–H groups in total. The quantitative estimate of drug-likeness (QED) is 0.629. The maximum Gasteiger partial charge on any atom is 0.0642 e. The molecular formula is C12H17NO. The van der Waals surface area contributed by atoms with Crippen LogP contribution in [-0.2, 0) is 4.74 Å². The van der Waals surface area contributed by atoms with Gasteiger partial charge in [0, 0.05) is 18.8 Å². The first-order valence-corrected chi connectivity index (χ1v) is 5.24. The molecule has 14 heavy (non-hydrogen) atoms. The van der Waals surface area contributed by atoms with Crippen LogP contribution in [0.1, 0.15) is 13.3 Å². The molecule has 0 aromatic rings. The smallest absolute Gasteiger partial charge is 0.0642 e. The van der Waals surface area contributed by atoms with Gasteiger partial charge in [-0.15, -0.1) is 0 Å². The number of hydrogen-bond acceptors (Lipinski definition) is 2. The molecule has 0 atom stereocenters. The molecule has 0 radical (unpaired) electrons. The minimum absolute atomic E-state index is 0.859. The van der Waals surface area contributed by atoms with Gasteiger partial charge in [0.25, 0.3) is 0 Å². The maximum absolute atomic E-state index is 5.34. The lowest BCUT2D eigenvalue weighted by atomic mass is 10.2. The highest BCUT2D eigenvalue weighted by molar-refractivity contribution is 5.30. The van der Waals surface area contributed by atoms with Gasteiger partial charge in [-0.1, -0.05) is 23.8 Å². The van der Waals surface area contributed by atoms with E-state index >= 15 is 0 Å². The second-order valence-electron chi connectivity index (χ2n) is 3.75. The van der Waals surface area contributed by atoms with E-state index in [1.807, 2.05) is 0 Å². The van der Waals surface area contributed by atoms with Crippen molar-refractivity contribution in [3.8, 4) is 0 Å². The van der Waals surface area contributed by atoms with Crippen LogP contribution in [0.3, 0.4) is 0 Å². The van der Waals surface area contributed by atoms with Crippen molar-refractivity contribution < 1.29 is 4.74 Å². The van der Waals surface area contributed by atoms with E-state index in [4.69, 9.17) is 4.74 Å². The Morgan fingerprint density at radius 2 is 1.93 bits per heavy atom. The van der Waals surface area contributed by atoms with E-state index in [9.17, 15) is 0 Å². The molecule has 1 aliphatic carbocycles. The highest BCUT2D eigenvalue weighted by Crippen LogP contribution is 2.15. The molecule has 2 aliphatic rings. The molecule has 2 heteroatoms. The molecule has 0 saturated carbocycles. The number of allylic oxidation sites excluding steroid dienone is 5. The minimum Gasteiger partial charge on any atom is -0.378 e. The largest absolute Gasteiger partial charge is 0.378 e. The number of ether oxygens (including phenoxy) is 1. The summed E-state index contributed by atoms with van der Waals surface area (Å²) >= 11 is 0. The van der Waals surface area contributed by atoms with Crippen molar-refractivity contribution in [2.45, 2.75) is 13.3 Å². The van der Waals surface area contributed by atoms with E-state index in [0.717, 1.165) is 32.7 Å². The Hall–Kier alpha value is -1.02. The third-order valence-corrected chi connectivity index (χ3v) is 2.66. The van der Waals surface area contributed by atoms with Crippen molar-refractivity contribution in [3.63, 3.8) is 0 Å². The Labute approximate surface area is 85.5 Å². The second kappa shape index (κ2) is 4.47. The fraction of sp³-hybridized carbons (Fsp3) is 0.500. The third kappa shape index (κ3) is 2.26. The molecule has 76 valence electrons. The standard InChI is InChI=1S/C12H17NO/c1-11-3-2-4-12(6-5-11)13-7-9-14-10-8-13/h3-6H,2,7-10H2,1H3. The molecule has 0 aromatic carbocycles. The molecule has 0 aromatic heterocycles. The molecule has 0 bridgehead atoms. The highest BCUT2D eigenvalue weighted by atomic mass is 16.5.